The molecule has 1 fully saturated rings. The van der Waals surface area contributed by atoms with Gasteiger partial charge in [0.1, 0.15) is 9.84 Å². The Morgan fingerprint density at radius 2 is 1.80 bits per heavy atom. The van der Waals surface area contributed by atoms with E-state index in [2.05, 4.69) is 19.2 Å². The molecule has 20 heavy (non-hydrogen) atoms. The van der Waals surface area contributed by atoms with Gasteiger partial charge in [-0.25, -0.2) is 8.42 Å². The molecule has 0 saturated heterocycles. The molecule has 1 aliphatic rings. The topological polar surface area (TPSA) is 46.2 Å². The first-order valence-corrected chi connectivity index (χ1v) is 10.3. The van der Waals surface area contributed by atoms with Crippen molar-refractivity contribution in [2.24, 2.45) is 11.8 Å². The fourth-order valence-electron chi connectivity index (χ4n) is 3.42. The van der Waals surface area contributed by atoms with E-state index in [1.165, 1.54) is 32.1 Å². The maximum Gasteiger partial charge on any atom is 0.150 e. The van der Waals surface area contributed by atoms with Gasteiger partial charge in [-0.15, -0.1) is 0 Å². The summed E-state index contributed by atoms with van der Waals surface area (Å²) >= 11 is 0. The van der Waals surface area contributed by atoms with E-state index in [4.69, 9.17) is 0 Å². The Hall–Kier alpha value is -0.0900. The molecule has 0 radical (unpaired) electrons. The molecule has 1 saturated carbocycles. The molecule has 1 N–H and O–H groups in total. The Morgan fingerprint density at radius 3 is 2.40 bits per heavy atom. The molecular formula is C16H33NO2S. The van der Waals surface area contributed by atoms with Crippen molar-refractivity contribution in [1.82, 2.24) is 5.32 Å². The van der Waals surface area contributed by atoms with E-state index in [-0.39, 0.29) is 5.75 Å². The van der Waals surface area contributed by atoms with Crippen LogP contribution in [-0.4, -0.2) is 32.5 Å². The summed E-state index contributed by atoms with van der Waals surface area (Å²) in [6.07, 6.45) is 8.30. The Morgan fingerprint density at radius 1 is 1.05 bits per heavy atom. The molecule has 0 heterocycles. The summed E-state index contributed by atoms with van der Waals surface area (Å²) in [5.41, 5.74) is 0. The number of sulfone groups is 1. The molecule has 0 aromatic carbocycles. The van der Waals surface area contributed by atoms with Gasteiger partial charge in [0, 0.05) is 11.8 Å². The summed E-state index contributed by atoms with van der Waals surface area (Å²) in [5.74, 6) is 2.02. The minimum Gasteiger partial charge on any atom is -0.314 e. The molecule has 120 valence electrons. The van der Waals surface area contributed by atoms with Crippen LogP contribution in [0.2, 0.25) is 0 Å². The van der Waals surface area contributed by atoms with Gasteiger partial charge in [-0.3, -0.25) is 0 Å². The zero-order valence-corrected chi connectivity index (χ0v) is 14.3. The Balaban J connectivity index is 2.56. The van der Waals surface area contributed by atoms with Gasteiger partial charge < -0.3 is 5.32 Å². The lowest BCUT2D eigenvalue weighted by Crippen LogP contribution is -2.41. The standard InChI is InChI=1S/C16H33NO2S/c1-4-7-14-8-9-16(17-11-5-2)15(13-14)10-12-20(18,19)6-3/h14-17H,4-13H2,1-3H3. The molecule has 3 atom stereocenters. The van der Waals surface area contributed by atoms with Crippen LogP contribution in [0.1, 0.15) is 65.7 Å². The first kappa shape index (κ1) is 18.0. The highest BCUT2D eigenvalue weighted by atomic mass is 32.2. The monoisotopic (exact) mass is 303 g/mol. The molecule has 3 nitrogen and oxygen atoms in total. The van der Waals surface area contributed by atoms with Gasteiger partial charge in [0.2, 0.25) is 0 Å². The van der Waals surface area contributed by atoms with Gasteiger partial charge in [-0.2, -0.15) is 0 Å². The zero-order chi connectivity index (χ0) is 15.0. The van der Waals surface area contributed by atoms with Crippen molar-refractivity contribution < 1.29 is 8.42 Å². The average molecular weight is 304 g/mol. The fraction of sp³-hybridized carbons (Fsp3) is 1.00. The van der Waals surface area contributed by atoms with Crippen LogP contribution in [0.3, 0.4) is 0 Å². The Kier molecular flexibility index (Phi) is 8.11. The normalized spacial score (nSPS) is 27.6. The van der Waals surface area contributed by atoms with Crippen molar-refractivity contribution >= 4 is 9.84 Å². The fourth-order valence-corrected chi connectivity index (χ4v) is 4.37. The molecule has 0 aromatic rings. The lowest BCUT2D eigenvalue weighted by molar-refractivity contribution is 0.191. The van der Waals surface area contributed by atoms with Gasteiger partial charge >= 0.3 is 0 Å². The Bertz CT molecular complexity index is 353. The van der Waals surface area contributed by atoms with Crippen LogP contribution in [0, 0.1) is 11.8 Å². The second-order valence-corrected chi connectivity index (χ2v) is 8.79. The quantitative estimate of drug-likeness (QED) is 0.710. The van der Waals surface area contributed by atoms with Gasteiger partial charge in [0.15, 0.2) is 0 Å². The van der Waals surface area contributed by atoms with Gasteiger partial charge in [0.25, 0.3) is 0 Å². The molecule has 0 spiro atoms. The van der Waals surface area contributed by atoms with Crippen LogP contribution in [0.4, 0.5) is 0 Å². The summed E-state index contributed by atoms with van der Waals surface area (Å²) in [5, 5.41) is 3.64. The van der Waals surface area contributed by atoms with E-state index < -0.39 is 9.84 Å². The molecule has 0 aromatic heterocycles. The third-order valence-electron chi connectivity index (χ3n) is 4.68. The predicted molar refractivity (Wildman–Crippen MR) is 86.8 cm³/mol. The molecule has 0 bridgehead atoms. The summed E-state index contributed by atoms with van der Waals surface area (Å²) in [7, 11) is -2.82. The van der Waals surface area contributed by atoms with E-state index in [9.17, 15) is 8.42 Å². The highest BCUT2D eigenvalue weighted by molar-refractivity contribution is 7.91. The third-order valence-corrected chi connectivity index (χ3v) is 6.42. The average Bonchev–Trinajstić information content (AvgIpc) is 2.44. The third kappa shape index (κ3) is 6.13. The summed E-state index contributed by atoms with van der Waals surface area (Å²) < 4.78 is 23.5. The van der Waals surface area contributed by atoms with Crippen LogP contribution in [-0.2, 0) is 9.84 Å². The largest absolute Gasteiger partial charge is 0.314 e. The van der Waals surface area contributed by atoms with Crippen LogP contribution in [0.5, 0.6) is 0 Å². The van der Waals surface area contributed by atoms with E-state index >= 15 is 0 Å². The molecule has 0 amide bonds. The predicted octanol–water partition coefficient (Wildman–Crippen LogP) is 3.40. The van der Waals surface area contributed by atoms with Gasteiger partial charge in [-0.05, 0) is 50.5 Å². The number of nitrogens with one attached hydrogen (secondary N) is 1. The molecule has 1 aliphatic carbocycles. The van der Waals surface area contributed by atoms with Gasteiger partial charge in [0.05, 0.1) is 5.75 Å². The molecule has 4 heteroatoms. The SMILES string of the molecule is CCCNC1CCC(CCC)CC1CCS(=O)(=O)CC. The van der Waals surface area contributed by atoms with Crippen LogP contribution in [0.15, 0.2) is 0 Å². The summed E-state index contributed by atoms with van der Waals surface area (Å²) in [4.78, 5) is 0. The van der Waals surface area contributed by atoms with E-state index in [0.29, 0.717) is 17.7 Å². The van der Waals surface area contributed by atoms with Crippen molar-refractivity contribution in [2.45, 2.75) is 71.8 Å². The van der Waals surface area contributed by atoms with E-state index in [1.54, 1.807) is 6.92 Å². The minimum atomic E-state index is -2.82. The second kappa shape index (κ2) is 9.04. The minimum absolute atomic E-state index is 0.283. The lowest BCUT2D eigenvalue weighted by Gasteiger charge is -2.37. The van der Waals surface area contributed by atoms with E-state index in [1.807, 2.05) is 0 Å². The van der Waals surface area contributed by atoms with Crippen molar-refractivity contribution in [3.8, 4) is 0 Å². The molecular weight excluding hydrogens is 270 g/mol. The highest BCUT2D eigenvalue weighted by Gasteiger charge is 2.30. The number of rotatable bonds is 9. The van der Waals surface area contributed by atoms with Crippen molar-refractivity contribution in [3.05, 3.63) is 0 Å². The summed E-state index contributed by atoms with van der Waals surface area (Å²) in [6, 6.07) is 0.537. The first-order chi connectivity index (χ1) is 9.52. The van der Waals surface area contributed by atoms with Crippen LogP contribution >= 0.6 is 0 Å². The second-order valence-electron chi connectivity index (χ2n) is 6.31. The van der Waals surface area contributed by atoms with Crippen molar-refractivity contribution in [3.63, 3.8) is 0 Å². The maximum atomic E-state index is 11.7. The van der Waals surface area contributed by atoms with Crippen LogP contribution < -0.4 is 5.32 Å². The molecule has 3 unspecified atom stereocenters. The summed E-state index contributed by atoms with van der Waals surface area (Å²) in [6.45, 7) is 7.24. The van der Waals surface area contributed by atoms with Crippen molar-refractivity contribution in [2.75, 3.05) is 18.1 Å². The molecule has 0 aliphatic heterocycles. The lowest BCUT2D eigenvalue weighted by atomic mass is 9.75. The number of hydrogen-bond acceptors (Lipinski definition) is 3. The van der Waals surface area contributed by atoms with Crippen LogP contribution in [0.25, 0.3) is 0 Å². The maximum absolute atomic E-state index is 11.7. The highest BCUT2D eigenvalue weighted by Crippen LogP contribution is 2.34. The Labute approximate surface area is 125 Å². The van der Waals surface area contributed by atoms with Gasteiger partial charge in [-0.1, -0.05) is 33.6 Å². The van der Waals surface area contributed by atoms with Crippen molar-refractivity contribution in [1.29, 1.82) is 0 Å². The molecule has 1 rings (SSSR count). The zero-order valence-electron chi connectivity index (χ0n) is 13.5. The first-order valence-electron chi connectivity index (χ1n) is 8.46. The van der Waals surface area contributed by atoms with E-state index in [0.717, 1.165) is 25.3 Å². The number of hydrogen-bond donors (Lipinski definition) is 1. The smallest absolute Gasteiger partial charge is 0.150 e.